The second-order valence-electron chi connectivity index (χ2n) is 8.14. The van der Waals surface area contributed by atoms with Gasteiger partial charge in [-0.25, -0.2) is 9.78 Å². The van der Waals surface area contributed by atoms with Crippen molar-refractivity contribution in [3.63, 3.8) is 0 Å². The van der Waals surface area contributed by atoms with Gasteiger partial charge in [0, 0.05) is 45.7 Å². The molecule has 0 atom stereocenters. The Bertz CT molecular complexity index is 1640. The molecule has 0 fully saturated rings. The quantitative estimate of drug-likeness (QED) is 0.309. The number of anilines is 3. The first-order valence-corrected chi connectivity index (χ1v) is 11.2. The van der Waals surface area contributed by atoms with E-state index in [2.05, 4.69) is 20.6 Å². The predicted octanol–water partition coefficient (Wildman–Crippen LogP) is 5.37. The summed E-state index contributed by atoms with van der Waals surface area (Å²) in [5, 5.41) is 8.37. The molecule has 5 aromatic rings. The summed E-state index contributed by atoms with van der Waals surface area (Å²) in [6.45, 7) is 0.588. The predicted molar refractivity (Wildman–Crippen MR) is 135 cm³/mol. The second-order valence-corrected chi connectivity index (χ2v) is 8.14. The van der Waals surface area contributed by atoms with E-state index in [9.17, 15) is 9.59 Å². The molecule has 1 amide bonds. The number of carbonyl (C=O) groups excluding carboxylic acids is 1. The number of nitrogens with zero attached hydrogens (tertiary/aromatic N) is 1. The third-order valence-electron chi connectivity index (χ3n) is 5.92. The summed E-state index contributed by atoms with van der Waals surface area (Å²) < 4.78 is 11.0. The van der Waals surface area contributed by atoms with Gasteiger partial charge in [0.15, 0.2) is 11.5 Å². The van der Waals surface area contributed by atoms with Gasteiger partial charge >= 0.3 is 6.09 Å². The first-order valence-electron chi connectivity index (χ1n) is 11.2. The lowest BCUT2D eigenvalue weighted by Gasteiger charge is -2.12. The van der Waals surface area contributed by atoms with Gasteiger partial charge in [0.1, 0.15) is 5.65 Å². The third kappa shape index (κ3) is 3.91. The first-order chi connectivity index (χ1) is 17.2. The molecule has 8 nitrogen and oxygen atoms in total. The van der Waals surface area contributed by atoms with E-state index in [-0.39, 0.29) is 5.56 Å². The Kier molecular flexibility index (Phi) is 5.03. The van der Waals surface area contributed by atoms with Crippen molar-refractivity contribution in [1.82, 2.24) is 9.97 Å². The van der Waals surface area contributed by atoms with Gasteiger partial charge in [-0.1, -0.05) is 30.3 Å². The van der Waals surface area contributed by atoms with Crippen LogP contribution in [0.1, 0.15) is 5.56 Å². The lowest BCUT2D eigenvalue weighted by Crippen LogP contribution is -2.17. The number of hydrogen-bond donors (Lipinski definition) is 3. The molecule has 172 valence electrons. The fourth-order valence-electron chi connectivity index (χ4n) is 4.31. The largest absolute Gasteiger partial charge is 0.489 e. The highest BCUT2D eigenvalue weighted by Gasteiger charge is 2.19. The number of H-pyrrole nitrogens is 1. The van der Waals surface area contributed by atoms with Crippen LogP contribution in [0.15, 0.2) is 83.8 Å². The normalized spacial score (nSPS) is 12.2. The molecule has 3 heterocycles. The summed E-state index contributed by atoms with van der Waals surface area (Å²) in [6.07, 6.45) is 1.86. The van der Waals surface area contributed by atoms with Crippen molar-refractivity contribution < 1.29 is 14.3 Å². The molecule has 8 heteroatoms. The van der Waals surface area contributed by atoms with E-state index in [4.69, 9.17) is 9.47 Å². The molecular weight excluding hydrogens is 444 g/mol. The number of aromatic nitrogens is 2. The zero-order valence-electron chi connectivity index (χ0n) is 18.5. The molecule has 3 N–H and O–H groups in total. The van der Waals surface area contributed by atoms with Gasteiger partial charge in [-0.3, -0.25) is 10.1 Å². The summed E-state index contributed by atoms with van der Waals surface area (Å²) in [6, 6.07) is 22.1. The highest BCUT2D eigenvalue weighted by Crippen LogP contribution is 2.35. The maximum Gasteiger partial charge on any atom is 0.417 e. The zero-order chi connectivity index (χ0) is 23.8. The van der Waals surface area contributed by atoms with E-state index >= 15 is 0 Å². The van der Waals surface area contributed by atoms with Gasteiger partial charge in [0.05, 0.1) is 12.3 Å². The number of aromatic amines is 1. The van der Waals surface area contributed by atoms with Crippen LogP contribution in [0.25, 0.3) is 21.8 Å². The number of ether oxygens (including phenoxy) is 2. The van der Waals surface area contributed by atoms with Crippen molar-refractivity contribution in [1.29, 1.82) is 0 Å². The van der Waals surface area contributed by atoms with E-state index in [0.29, 0.717) is 34.8 Å². The molecule has 0 bridgehead atoms. The Morgan fingerprint density at radius 1 is 0.943 bits per heavy atom. The van der Waals surface area contributed by atoms with Gasteiger partial charge in [0.25, 0.3) is 5.56 Å². The number of para-hydroxylation sites is 1. The molecule has 3 aromatic carbocycles. The van der Waals surface area contributed by atoms with Crippen molar-refractivity contribution in [2.45, 2.75) is 6.42 Å². The molecule has 0 spiro atoms. The topological polar surface area (TPSA) is 105 Å². The standard InChI is InChI=1S/C27H20N4O4/c32-26-20-6-2-1-5-19(20)23-21(12-14-28-25(23)31-26)29-17-8-10-18(11-9-17)30-27(33)35-22-7-3-4-16-13-15-34-24(16)22/h1-12,14H,13,15H2,(H,30,33)(H2,28,29,31,32). The van der Waals surface area contributed by atoms with Crippen LogP contribution in [-0.4, -0.2) is 22.7 Å². The van der Waals surface area contributed by atoms with Crippen molar-refractivity contribution in [3.05, 3.63) is 94.9 Å². The van der Waals surface area contributed by atoms with E-state index in [1.807, 2.05) is 48.5 Å². The summed E-state index contributed by atoms with van der Waals surface area (Å²) in [5.74, 6) is 1.03. The molecular formula is C27H20N4O4. The third-order valence-corrected chi connectivity index (χ3v) is 5.92. The number of rotatable bonds is 4. The Hall–Kier alpha value is -4.85. The number of nitrogens with one attached hydrogen (secondary N) is 3. The number of pyridine rings is 2. The van der Waals surface area contributed by atoms with E-state index in [0.717, 1.165) is 34.1 Å². The van der Waals surface area contributed by atoms with Crippen LogP contribution in [0.5, 0.6) is 11.5 Å². The molecule has 0 aliphatic carbocycles. The number of benzene rings is 3. The van der Waals surface area contributed by atoms with E-state index in [1.165, 1.54) is 0 Å². The number of hydrogen-bond acceptors (Lipinski definition) is 6. The summed E-state index contributed by atoms with van der Waals surface area (Å²) >= 11 is 0. The molecule has 0 radical (unpaired) electrons. The van der Waals surface area contributed by atoms with Crippen molar-refractivity contribution in [2.75, 3.05) is 17.2 Å². The molecule has 2 aromatic heterocycles. The Labute approximate surface area is 199 Å². The molecule has 0 saturated carbocycles. The smallest absolute Gasteiger partial charge is 0.417 e. The molecule has 1 aliphatic rings. The summed E-state index contributed by atoms with van der Waals surface area (Å²) in [4.78, 5) is 32.0. The highest BCUT2D eigenvalue weighted by atomic mass is 16.6. The molecule has 1 aliphatic heterocycles. The van der Waals surface area contributed by atoms with Crippen molar-refractivity contribution in [3.8, 4) is 11.5 Å². The van der Waals surface area contributed by atoms with Crippen LogP contribution in [0.3, 0.4) is 0 Å². The van der Waals surface area contributed by atoms with E-state index in [1.54, 1.807) is 30.5 Å². The van der Waals surface area contributed by atoms with Crippen molar-refractivity contribution >= 4 is 45.0 Å². The van der Waals surface area contributed by atoms with Crippen LogP contribution in [0.4, 0.5) is 21.9 Å². The molecule has 0 saturated heterocycles. The fourth-order valence-corrected chi connectivity index (χ4v) is 4.31. The molecule has 35 heavy (non-hydrogen) atoms. The van der Waals surface area contributed by atoms with Crippen LogP contribution in [-0.2, 0) is 6.42 Å². The molecule has 0 unspecified atom stereocenters. The number of carbonyl (C=O) groups is 1. The van der Waals surface area contributed by atoms with E-state index < -0.39 is 6.09 Å². The lowest BCUT2D eigenvalue weighted by atomic mass is 10.1. The van der Waals surface area contributed by atoms with Gasteiger partial charge in [-0.2, -0.15) is 0 Å². The fraction of sp³-hybridized carbons (Fsp3) is 0.0741. The highest BCUT2D eigenvalue weighted by molar-refractivity contribution is 6.10. The second kappa shape index (κ2) is 8.49. The average molecular weight is 464 g/mol. The Balaban J connectivity index is 1.22. The Morgan fingerprint density at radius 3 is 2.60 bits per heavy atom. The van der Waals surface area contributed by atoms with Gasteiger partial charge in [-0.15, -0.1) is 0 Å². The summed E-state index contributed by atoms with van der Waals surface area (Å²) in [5.41, 5.74) is 3.57. The minimum atomic E-state index is -0.592. The van der Waals surface area contributed by atoms with Crippen LogP contribution >= 0.6 is 0 Å². The minimum absolute atomic E-state index is 0.174. The monoisotopic (exact) mass is 464 g/mol. The van der Waals surface area contributed by atoms with Gasteiger partial charge < -0.3 is 19.8 Å². The maximum atomic E-state index is 12.4. The minimum Gasteiger partial charge on any atom is -0.489 e. The summed E-state index contributed by atoms with van der Waals surface area (Å²) in [7, 11) is 0. The average Bonchev–Trinajstić information content (AvgIpc) is 3.36. The maximum absolute atomic E-state index is 12.4. The van der Waals surface area contributed by atoms with Gasteiger partial charge in [0.2, 0.25) is 0 Å². The van der Waals surface area contributed by atoms with Crippen molar-refractivity contribution in [2.24, 2.45) is 0 Å². The Morgan fingerprint density at radius 2 is 1.74 bits per heavy atom. The SMILES string of the molecule is O=C(Nc1ccc(Nc2ccnc3[nH]c(=O)c4ccccc4c23)cc1)Oc1cccc2c1OCC2. The van der Waals surface area contributed by atoms with Gasteiger partial charge in [-0.05, 0) is 42.5 Å². The van der Waals surface area contributed by atoms with Crippen LogP contribution in [0.2, 0.25) is 0 Å². The molecule has 6 rings (SSSR count). The van der Waals surface area contributed by atoms with Crippen LogP contribution < -0.4 is 25.7 Å². The zero-order valence-corrected chi connectivity index (χ0v) is 18.5. The number of amides is 1. The first kappa shape index (κ1) is 20.7. The number of fused-ring (bicyclic) bond motifs is 4. The van der Waals surface area contributed by atoms with Crippen LogP contribution in [0, 0.1) is 0 Å². The lowest BCUT2D eigenvalue weighted by molar-refractivity contribution is 0.212.